The molecule has 1 atom stereocenters. The third-order valence-corrected chi connectivity index (χ3v) is 5.90. The summed E-state index contributed by atoms with van der Waals surface area (Å²) >= 11 is 0. The molecule has 2 aromatic rings. The highest BCUT2D eigenvalue weighted by atomic mass is 31.1. The molecule has 0 saturated carbocycles. The van der Waals surface area contributed by atoms with Crippen LogP contribution in [0.25, 0.3) is 11.1 Å². The van der Waals surface area contributed by atoms with Crippen LogP contribution in [0.15, 0.2) is 0 Å². The van der Waals surface area contributed by atoms with Crippen molar-refractivity contribution in [3.05, 3.63) is 57.7 Å². The maximum atomic E-state index is 13.9. The fourth-order valence-corrected chi connectivity index (χ4v) is 3.87. The molecule has 0 heterocycles. The van der Waals surface area contributed by atoms with Gasteiger partial charge >= 0.3 is 18.3 Å². The highest BCUT2D eigenvalue weighted by Crippen LogP contribution is 2.53. The van der Waals surface area contributed by atoms with Crippen molar-refractivity contribution >= 4 is 8.58 Å². The van der Waals surface area contributed by atoms with Gasteiger partial charge in [-0.1, -0.05) is 20.3 Å². The summed E-state index contributed by atoms with van der Waals surface area (Å²) in [6.07, 6.45) is -8.03. The van der Waals surface area contributed by atoms with Crippen molar-refractivity contribution in [1.82, 2.24) is 0 Å². The molecular formula is C21H15F16P. The van der Waals surface area contributed by atoms with Crippen LogP contribution in [0, 0.1) is 46.5 Å². The molecule has 0 aliphatic heterocycles. The van der Waals surface area contributed by atoms with E-state index in [9.17, 15) is 70.2 Å². The average molecular weight is 602 g/mol. The largest absolute Gasteiger partial charge is 0.458 e. The number of unbranched alkanes of at least 4 members (excludes halogenated alkanes) is 1. The normalized spacial score (nSPS) is 12.8. The topological polar surface area (TPSA) is 0 Å². The molecule has 1 unspecified atom stereocenters. The molecule has 0 bridgehead atoms. The number of rotatable bonds is 6. The summed E-state index contributed by atoms with van der Waals surface area (Å²) in [7, 11) is 1.22. The molecule has 0 aliphatic rings. The van der Waals surface area contributed by atoms with Gasteiger partial charge in [0, 0.05) is 5.56 Å². The molecule has 0 nitrogen and oxygen atoms in total. The maximum Gasteiger partial charge on any atom is 0.458 e. The molecular weight excluding hydrogens is 587 g/mol. The van der Waals surface area contributed by atoms with E-state index in [1.807, 2.05) is 0 Å². The first-order valence-corrected chi connectivity index (χ1v) is 11.6. The lowest BCUT2D eigenvalue weighted by atomic mass is 9.88. The third-order valence-electron chi connectivity index (χ3n) is 4.69. The van der Waals surface area contributed by atoms with Crippen LogP contribution in [-0.4, -0.2) is 18.5 Å². The summed E-state index contributed by atoms with van der Waals surface area (Å²) in [5.41, 5.74) is -14.2. The standard InChI is InChI=1S/C15F16.C6H15P/c16-5-2(6(17)10(21)12(23)9(5)20)1-3(13(24,25)15(29,30)31)7(18)11(22)8(19)4(1)14(26,27)28;1-3-5-6-7-4-2/h;7H,3-6H2,1-2H3. The number of benzene rings is 2. The second kappa shape index (κ2) is 12.3. The first-order chi connectivity index (χ1) is 17.2. The van der Waals surface area contributed by atoms with E-state index in [1.54, 1.807) is 0 Å². The second-order valence-corrected chi connectivity index (χ2v) is 9.00. The first kappa shape index (κ1) is 33.8. The van der Waals surface area contributed by atoms with Crippen LogP contribution in [0.3, 0.4) is 0 Å². The maximum absolute atomic E-state index is 13.9. The minimum atomic E-state index is -7.10. The summed E-state index contributed by atoms with van der Waals surface area (Å²) in [6, 6.07) is 0. The van der Waals surface area contributed by atoms with Crippen molar-refractivity contribution < 1.29 is 70.2 Å². The molecule has 0 saturated heterocycles. The minimum absolute atomic E-state index is 1.22. The number of alkyl halides is 8. The molecule has 0 fully saturated rings. The van der Waals surface area contributed by atoms with Gasteiger partial charge in [-0.3, -0.25) is 0 Å². The Kier molecular flexibility index (Phi) is 10.9. The van der Waals surface area contributed by atoms with Gasteiger partial charge in [-0.2, -0.15) is 35.1 Å². The quantitative estimate of drug-likeness (QED) is 0.102. The number of hydrogen-bond donors (Lipinski definition) is 0. The zero-order valence-corrected chi connectivity index (χ0v) is 19.9. The molecule has 0 amide bonds. The zero-order chi connectivity index (χ0) is 30.0. The van der Waals surface area contributed by atoms with Crippen LogP contribution >= 0.6 is 8.58 Å². The van der Waals surface area contributed by atoms with Crippen molar-refractivity contribution in [3.8, 4) is 11.1 Å². The van der Waals surface area contributed by atoms with Gasteiger partial charge in [0.05, 0.1) is 11.1 Å². The van der Waals surface area contributed by atoms with E-state index >= 15 is 0 Å². The lowest BCUT2D eigenvalue weighted by molar-refractivity contribution is -0.290. The Hall–Kier alpha value is -2.25. The lowest BCUT2D eigenvalue weighted by Gasteiger charge is -2.26. The highest BCUT2D eigenvalue weighted by molar-refractivity contribution is 7.37. The van der Waals surface area contributed by atoms with E-state index in [-0.39, 0.29) is 0 Å². The molecule has 0 N–H and O–H groups in total. The summed E-state index contributed by atoms with van der Waals surface area (Å²) in [5.74, 6) is -34.1. The SMILES string of the molecule is CCCCPCC.Fc1c(F)c(F)c(-c2c(C(F)(F)F)c(F)c(F)c(F)c2C(F)(F)C(F)(F)F)c(F)c1F. The Morgan fingerprint density at radius 3 is 1.29 bits per heavy atom. The van der Waals surface area contributed by atoms with Crippen molar-refractivity contribution in [1.29, 1.82) is 0 Å². The molecule has 0 radical (unpaired) electrons. The fraction of sp³-hybridized carbons (Fsp3) is 0.429. The van der Waals surface area contributed by atoms with Crippen molar-refractivity contribution in [2.75, 3.05) is 12.3 Å². The van der Waals surface area contributed by atoms with Crippen LogP contribution in [0.4, 0.5) is 70.2 Å². The zero-order valence-electron chi connectivity index (χ0n) is 18.9. The van der Waals surface area contributed by atoms with E-state index in [1.165, 1.54) is 33.7 Å². The van der Waals surface area contributed by atoms with Crippen molar-refractivity contribution in [2.45, 2.75) is 45.0 Å². The van der Waals surface area contributed by atoms with Crippen molar-refractivity contribution in [3.63, 3.8) is 0 Å². The molecule has 38 heavy (non-hydrogen) atoms. The van der Waals surface area contributed by atoms with Crippen LogP contribution in [0.1, 0.15) is 37.8 Å². The number of halogens is 16. The van der Waals surface area contributed by atoms with Gasteiger partial charge in [0.25, 0.3) is 0 Å². The second-order valence-electron chi connectivity index (χ2n) is 7.29. The van der Waals surface area contributed by atoms with E-state index in [0.717, 1.165) is 0 Å². The molecule has 0 aliphatic carbocycles. The van der Waals surface area contributed by atoms with E-state index in [2.05, 4.69) is 13.8 Å². The Labute approximate surface area is 205 Å². The van der Waals surface area contributed by atoms with Gasteiger partial charge in [0.15, 0.2) is 40.7 Å². The van der Waals surface area contributed by atoms with E-state index in [4.69, 9.17) is 0 Å². The van der Waals surface area contributed by atoms with Crippen molar-refractivity contribution in [2.24, 2.45) is 0 Å². The summed E-state index contributed by atoms with van der Waals surface area (Å²) in [6.45, 7) is 4.51. The molecule has 17 heteroatoms. The first-order valence-electron chi connectivity index (χ1n) is 10.1. The lowest BCUT2D eigenvalue weighted by Crippen LogP contribution is -2.36. The Morgan fingerprint density at radius 2 is 0.921 bits per heavy atom. The minimum Gasteiger partial charge on any atom is -0.203 e. The van der Waals surface area contributed by atoms with Crippen LogP contribution in [0.2, 0.25) is 0 Å². The fourth-order valence-electron chi connectivity index (χ4n) is 2.92. The summed E-state index contributed by atoms with van der Waals surface area (Å²) in [4.78, 5) is 0. The van der Waals surface area contributed by atoms with Gasteiger partial charge in [0.1, 0.15) is 5.56 Å². The third kappa shape index (κ3) is 6.48. The van der Waals surface area contributed by atoms with Gasteiger partial charge in [-0.15, -0.1) is 8.58 Å². The van der Waals surface area contributed by atoms with Gasteiger partial charge in [-0.05, 0) is 18.7 Å². The van der Waals surface area contributed by atoms with Crippen LogP contribution in [-0.2, 0) is 12.1 Å². The van der Waals surface area contributed by atoms with E-state index in [0.29, 0.717) is 0 Å². The van der Waals surface area contributed by atoms with E-state index < -0.39 is 87.1 Å². The Morgan fingerprint density at radius 1 is 0.526 bits per heavy atom. The average Bonchev–Trinajstić information content (AvgIpc) is 2.79. The summed E-state index contributed by atoms with van der Waals surface area (Å²) in [5, 5.41) is 0. The van der Waals surface area contributed by atoms with Gasteiger partial charge in [0.2, 0.25) is 5.82 Å². The highest BCUT2D eigenvalue weighted by Gasteiger charge is 2.63. The van der Waals surface area contributed by atoms with Gasteiger partial charge in [-0.25, -0.2) is 35.1 Å². The Bertz CT molecular complexity index is 1120. The number of hydrogen-bond acceptors (Lipinski definition) is 0. The van der Waals surface area contributed by atoms with Crippen LogP contribution < -0.4 is 0 Å². The predicted octanol–water partition coefficient (Wildman–Crippen LogP) is 9.62. The molecule has 0 spiro atoms. The smallest absolute Gasteiger partial charge is 0.203 e. The summed E-state index contributed by atoms with van der Waals surface area (Å²) < 4.78 is 214. The molecule has 2 rings (SSSR count). The van der Waals surface area contributed by atoms with Crippen LogP contribution in [0.5, 0.6) is 0 Å². The predicted molar refractivity (Wildman–Crippen MR) is 105 cm³/mol. The molecule has 2 aromatic carbocycles. The molecule has 0 aromatic heterocycles. The Balaban J connectivity index is 0.000000905. The monoisotopic (exact) mass is 602 g/mol. The molecule has 216 valence electrons. The van der Waals surface area contributed by atoms with Gasteiger partial charge < -0.3 is 0 Å².